The summed E-state index contributed by atoms with van der Waals surface area (Å²) < 4.78 is 0. The van der Waals surface area contributed by atoms with Crippen LogP contribution in [-0.2, 0) is 9.59 Å². The van der Waals surface area contributed by atoms with E-state index >= 15 is 0 Å². The van der Waals surface area contributed by atoms with Gasteiger partial charge in [0.1, 0.15) is 0 Å². The highest BCUT2D eigenvalue weighted by atomic mass is 16.4. The maximum absolute atomic E-state index is 11.3. The quantitative estimate of drug-likeness (QED) is 0.744. The zero-order chi connectivity index (χ0) is 12.9. The van der Waals surface area contributed by atoms with Crippen LogP contribution in [0.3, 0.4) is 0 Å². The van der Waals surface area contributed by atoms with Gasteiger partial charge in [0.15, 0.2) is 0 Å². The van der Waals surface area contributed by atoms with E-state index in [0.717, 1.165) is 19.4 Å². The Morgan fingerprint density at radius 1 is 1.47 bits per heavy atom. The number of rotatable bonds is 5. The minimum atomic E-state index is -0.736. The molecule has 0 aromatic carbocycles. The minimum absolute atomic E-state index is 0.0371. The molecule has 1 rings (SSSR count). The van der Waals surface area contributed by atoms with Gasteiger partial charge < -0.3 is 15.3 Å². The second kappa shape index (κ2) is 6.00. The molecule has 0 radical (unpaired) electrons. The van der Waals surface area contributed by atoms with Crippen LogP contribution in [0.25, 0.3) is 0 Å². The van der Waals surface area contributed by atoms with E-state index in [1.165, 1.54) is 0 Å². The highest BCUT2D eigenvalue weighted by Crippen LogP contribution is 2.29. The summed E-state index contributed by atoms with van der Waals surface area (Å²) in [6, 6.07) is 0. The number of carbonyl (C=O) groups excluding carboxylic acids is 1. The SMILES string of the molecule is CCNC(=O)CCN1CCCC(C)(C(=O)O)C1. The van der Waals surface area contributed by atoms with Gasteiger partial charge >= 0.3 is 5.97 Å². The van der Waals surface area contributed by atoms with Gasteiger partial charge in [-0.25, -0.2) is 0 Å². The Hall–Kier alpha value is -1.10. The third kappa shape index (κ3) is 4.00. The molecule has 1 heterocycles. The molecular weight excluding hydrogens is 220 g/mol. The van der Waals surface area contributed by atoms with Crippen LogP contribution in [0, 0.1) is 5.41 Å². The second-order valence-electron chi connectivity index (χ2n) is 4.95. The number of carbonyl (C=O) groups is 2. The number of carboxylic acid groups (broad SMARTS) is 1. The van der Waals surface area contributed by atoms with E-state index in [2.05, 4.69) is 10.2 Å². The van der Waals surface area contributed by atoms with Crippen molar-refractivity contribution in [1.82, 2.24) is 10.2 Å². The smallest absolute Gasteiger partial charge is 0.310 e. The van der Waals surface area contributed by atoms with Gasteiger partial charge in [-0.05, 0) is 33.2 Å². The number of likely N-dealkylation sites (tertiary alicyclic amines) is 1. The Labute approximate surface area is 102 Å². The zero-order valence-electron chi connectivity index (χ0n) is 10.7. The highest BCUT2D eigenvalue weighted by Gasteiger charge is 2.37. The summed E-state index contributed by atoms with van der Waals surface area (Å²) in [6.45, 7) is 6.40. The molecule has 0 aromatic rings. The van der Waals surface area contributed by atoms with Gasteiger partial charge in [-0.15, -0.1) is 0 Å². The molecule has 0 bridgehead atoms. The van der Waals surface area contributed by atoms with Crippen LogP contribution in [0.15, 0.2) is 0 Å². The molecule has 0 aliphatic carbocycles. The molecular formula is C12H22N2O3. The molecule has 17 heavy (non-hydrogen) atoms. The predicted molar refractivity (Wildman–Crippen MR) is 64.7 cm³/mol. The first-order valence-corrected chi connectivity index (χ1v) is 6.20. The molecule has 5 nitrogen and oxygen atoms in total. The molecule has 2 N–H and O–H groups in total. The molecule has 1 fully saturated rings. The first-order valence-electron chi connectivity index (χ1n) is 6.20. The van der Waals surface area contributed by atoms with E-state index in [1.54, 1.807) is 6.92 Å². The van der Waals surface area contributed by atoms with Crippen LogP contribution in [0.1, 0.15) is 33.1 Å². The lowest BCUT2D eigenvalue weighted by Gasteiger charge is -2.37. The van der Waals surface area contributed by atoms with Crippen molar-refractivity contribution in [2.45, 2.75) is 33.1 Å². The van der Waals surface area contributed by atoms with Gasteiger partial charge in [0.25, 0.3) is 0 Å². The standard InChI is InChI=1S/C12H22N2O3/c1-3-13-10(15)5-8-14-7-4-6-12(2,9-14)11(16)17/h3-9H2,1-2H3,(H,13,15)(H,16,17). The number of amides is 1. The molecule has 98 valence electrons. The van der Waals surface area contributed by atoms with Gasteiger partial charge in [-0.3, -0.25) is 9.59 Å². The summed E-state index contributed by atoms with van der Waals surface area (Å²) in [5.74, 6) is -0.699. The van der Waals surface area contributed by atoms with Crippen molar-refractivity contribution >= 4 is 11.9 Å². The molecule has 1 atom stereocenters. The maximum Gasteiger partial charge on any atom is 0.310 e. The van der Waals surface area contributed by atoms with Crippen LogP contribution in [-0.4, -0.2) is 48.1 Å². The Morgan fingerprint density at radius 3 is 2.76 bits per heavy atom. The number of hydrogen-bond donors (Lipinski definition) is 2. The molecule has 0 aromatic heterocycles. The fourth-order valence-electron chi connectivity index (χ4n) is 2.26. The van der Waals surface area contributed by atoms with Crippen molar-refractivity contribution in [2.75, 3.05) is 26.2 Å². The lowest BCUT2D eigenvalue weighted by Crippen LogP contribution is -2.46. The van der Waals surface area contributed by atoms with E-state index < -0.39 is 11.4 Å². The van der Waals surface area contributed by atoms with Gasteiger partial charge in [-0.1, -0.05) is 0 Å². The monoisotopic (exact) mass is 242 g/mol. The maximum atomic E-state index is 11.3. The summed E-state index contributed by atoms with van der Waals surface area (Å²) >= 11 is 0. The van der Waals surface area contributed by atoms with Crippen molar-refractivity contribution in [3.05, 3.63) is 0 Å². The molecule has 0 saturated carbocycles. The van der Waals surface area contributed by atoms with E-state index in [1.807, 2.05) is 6.92 Å². The van der Waals surface area contributed by atoms with Gasteiger partial charge in [0.2, 0.25) is 5.91 Å². The third-order valence-electron chi connectivity index (χ3n) is 3.32. The van der Waals surface area contributed by atoms with Gasteiger partial charge in [0, 0.05) is 26.1 Å². The van der Waals surface area contributed by atoms with Crippen molar-refractivity contribution in [1.29, 1.82) is 0 Å². The van der Waals surface area contributed by atoms with E-state index in [9.17, 15) is 14.7 Å². The van der Waals surface area contributed by atoms with Crippen LogP contribution >= 0.6 is 0 Å². The number of piperidine rings is 1. The number of carboxylic acids is 1. The van der Waals surface area contributed by atoms with Crippen LogP contribution in [0.2, 0.25) is 0 Å². The second-order valence-corrected chi connectivity index (χ2v) is 4.95. The van der Waals surface area contributed by atoms with Crippen molar-refractivity contribution < 1.29 is 14.7 Å². The first kappa shape index (κ1) is 14.0. The predicted octanol–water partition coefficient (Wildman–Crippen LogP) is 0.699. The Balaban J connectivity index is 2.40. The lowest BCUT2D eigenvalue weighted by atomic mass is 9.82. The van der Waals surface area contributed by atoms with Crippen molar-refractivity contribution in [2.24, 2.45) is 5.41 Å². The summed E-state index contributed by atoms with van der Waals surface area (Å²) in [5, 5.41) is 11.9. The van der Waals surface area contributed by atoms with Crippen LogP contribution < -0.4 is 5.32 Å². The fraction of sp³-hybridized carbons (Fsp3) is 0.833. The molecule has 1 aliphatic heterocycles. The first-order chi connectivity index (χ1) is 7.98. The highest BCUT2D eigenvalue weighted by molar-refractivity contribution is 5.76. The Bertz CT molecular complexity index is 293. The molecule has 1 saturated heterocycles. The van der Waals surface area contributed by atoms with Gasteiger partial charge in [0.05, 0.1) is 5.41 Å². The average molecular weight is 242 g/mol. The number of nitrogens with zero attached hydrogens (tertiary/aromatic N) is 1. The van der Waals surface area contributed by atoms with E-state index in [4.69, 9.17) is 0 Å². The van der Waals surface area contributed by atoms with E-state index in [0.29, 0.717) is 26.1 Å². The summed E-state index contributed by atoms with van der Waals surface area (Å²) in [7, 11) is 0. The van der Waals surface area contributed by atoms with Crippen molar-refractivity contribution in [3.8, 4) is 0 Å². The number of nitrogens with one attached hydrogen (secondary N) is 1. The van der Waals surface area contributed by atoms with E-state index in [-0.39, 0.29) is 5.91 Å². The Kier molecular flexibility index (Phi) is 4.93. The van der Waals surface area contributed by atoms with Crippen molar-refractivity contribution in [3.63, 3.8) is 0 Å². The largest absolute Gasteiger partial charge is 0.481 e. The zero-order valence-corrected chi connectivity index (χ0v) is 10.7. The molecule has 1 unspecified atom stereocenters. The molecule has 1 amide bonds. The third-order valence-corrected chi connectivity index (χ3v) is 3.32. The minimum Gasteiger partial charge on any atom is -0.481 e. The van der Waals surface area contributed by atoms with Crippen LogP contribution in [0.4, 0.5) is 0 Å². The summed E-state index contributed by atoms with van der Waals surface area (Å²) in [4.78, 5) is 24.6. The summed E-state index contributed by atoms with van der Waals surface area (Å²) in [5.41, 5.74) is -0.653. The number of hydrogen-bond acceptors (Lipinski definition) is 3. The Morgan fingerprint density at radius 2 is 2.18 bits per heavy atom. The molecule has 1 aliphatic rings. The normalized spacial score (nSPS) is 25.5. The summed E-state index contributed by atoms with van der Waals surface area (Å²) in [6.07, 6.45) is 2.06. The average Bonchev–Trinajstić information content (AvgIpc) is 2.27. The number of aliphatic carboxylic acids is 1. The van der Waals surface area contributed by atoms with Crippen LogP contribution in [0.5, 0.6) is 0 Å². The molecule has 5 heteroatoms. The van der Waals surface area contributed by atoms with Gasteiger partial charge in [-0.2, -0.15) is 0 Å². The fourth-order valence-corrected chi connectivity index (χ4v) is 2.26. The topological polar surface area (TPSA) is 69.6 Å². The molecule has 0 spiro atoms. The lowest BCUT2D eigenvalue weighted by molar-refractivity contribution is -0.151.